The summed E-state index contributed by atoms with van der Waals surface area (Å²) < 4.78 is 1.92. The van der Waals surface area contributed by atoms with Crippen LogP contribution in [0.1, 0.15) is 26.5 Å². The molecule has 1 aromatic carbocycles. The zero-order valence-corrected chi connectivity index (χ0v) is 11.6. The minimum Gasteiger partial charge on any atom is -0.393 e. The van der Waals surface area contributed by atoms with E-state index < -0.39 is 0 Å². The molecule has 2 atom stereocenters. The number of hydrogen-bond donors (Lipinski definition) is 1. The van der Waals surface area contributed by atoms with E-state index in [0.717, 1.165) is 17.6 Å². The number of aryl methyl sites for hydroxylation is 1. The van der Waals surface area contributed by atoms with Gasteiger partial charge in [0.1, 0.15) is 0 Å². The van der Waals surface area contributed by atoms with Gasteiger partial charge in [-0.1, -0.05) is 32.0 Å². The van der Waals surface area contributed by atoms with Crippen molar-refractivity contribution in [2.45, 2.75) is 33.3 Å². The number of rotatable bonds is 4. The highest BCUT2D eigenvalue weighted by Gasteiger charge is 2.22. The van der Waals surface area contributed by atoms with Crippen LogP contribution < -0.4 is 0 Å². The van der Waals surface area contributed by atoms with E-state index in [1.807, 2.05) is 30.8 Å². The first-order chi connectivity index (χ1) is 8.50. The van der Waals surface area contributed by atoms with E-state index in [1.165, 1.54) is 5.39 Å². The van der Waals surface area contributed by atoms with Gasteiger partial charge in [-0.2, -0.15) is 5.10 Å². The molecule has 2 unspecified atom stereocenters. The molecule has 3 nitrogen and oxygen atoms in total. The summed E-state index contributed by atoms with van der Waals surface area (Å²) in [5.74, 6) is 0.703. The number of para-hydroxylation sites is 1. The molecule has 98 valence electrons. The predicted molar refractivity (Wildman–Crippen MR) is 74.4 cm³/mol. The maximum atomic E-state index is 9.89. The van der Waals surface area contributed by atoms with Crippen LogP contribution in [0.25, 0.3) is 10.9 Å². The van der Waals surface area contributed by atoms with E-state index in [-0.39, 0.29) is 12.0 Å². The van der Waals surface area contributed by atoms with Gasteiger partial charge >= 0.3 is 0 Å². The lowest BCUT2D eigenvalue weighted by molar-refractivity contribution is 0.0972. The second kappa shape index (κ2) is 5.11. The van der Waals surface area contributed by atoms with Crippen molar-refractivity contribution in [3.63, 3.8) is 0 Å². The molecule has 1 N–H and O–H groups in total. The Labute approximate surface area is 108 Å². The molecule has 0 saturated heterocycles. The Balaban J connectivity index is 2.37. The smallest absolute Gasteiger partial charge is 0.0707 e. The third-order valence-electron chi connectivity index (χ3n) is 3.74. The number of aliphatic hydroxyl groups excluding tert-OH is 1. The van der Waals surface area contributed by atoms with E-state index in [0.29, 0.717) is 5.92 Å². The minimum absolute atomic E-state index is 0.253. The van der Waals surface area contributed by atoms with Crippen molar-refractivity contribution < 1.29 is 5.11 Å². The average molecular weight is 246 g/mol. The summed E-state index contributed by atoms with van der Waals surface area (Å²) in [5.41, 5.74) is 2.24. The number of aliphatic hydroxyl groups is 1. The molecule has 2 rings (SSSR count). The van der Waals surface area contributed by atoms with Crippen LogP contribution in [0.2, 0.25) is 0 Å². The first kappa shape index (κ1) is 13.1. The number of benzene rings is 1. The van der Waals surface area contributed by atoms with Crippen LogP contribution in [0.4, 0.5) is 0 Å². The molecule has 0 fully saturated rings. The fourth-order valence-corrected chi connectivity index (χ4v) is 2.63. The highest BCUT2D eigenvalue weighted by atomic mass is 16.3. The molecule has 0 aliphatic rings. The first-order valence-electron chi connectivity index (χ1n) is 6.59. The fraction of sp³-hybridized carbons (Fsp3) is 0.533. The van der Waals surface area contributed by atoms with Crippen LogP contribution in [-0.4, -0.2) is 21.0 Å². The van der Waals surface area contributed by atoms with Crippen molar-refractivity contribution in [1.29, 1.82) is 0 Å². The molecular formula is C15H22N2O. The Kier molecular flexibility index (Phi) is 3.71. The molecule has 3 heteroatoms. The summed E-state index contributed by atoms with van der Waals surface area (Å²) >= 11 is 0. The van der Waals surface area contributed by atoms with Gasteiger partial charge in [-0.25, -0.2) is 0 Å². The Morgan fingerprint density at radius 2 is 1.89 bits per heavy atom. The normalized spacial score (nSPS) is 15.2. The van der Waals surface area contributed by atoms with E-state index in [2.05, 4.69) is 31.1 Å². The van der Waals surface area contributed by atoms with Gasteiger partial charge in [0.2, 0.25) is 0 Å². The number of nitrogens with zero attached hydrogens (tertiary/aromatic N) is 2. The van der Waals surface area contributed by atoms with E-state index in [9.17, 15) is 5.11 Å². The molecule has 0 aliphatic carbocycles. The number of fused-ring (bicyclic) bond motifs is 1. The van der Waals surface area contributed by atoms with Crippen LogP contribution in [0.3, 0.4) is 0 Å². The van der Waals surface area contributed by atoms with Crippen molar-refractivity contribution in [1.82, 2.24) is 9.78 Å². The largest absolute Gasteiger partial charge is 0.393 e. The van der Waals surface area contributed by atoms with Crippen LogP contribution in [0.15, 0.2) is 24.3 Å². The highest BCUT2D eigenvalue weighted by Crippen LogP contribution is 2.25. The lowest BCUT2D eigenvalue weighted by Gasteiger charge is -2.22. The molecular weight excluding hydrogens is 224 g/mol. The molecule has 1 aromatic heterocycles. The Bertz CT molecular complexity index is 520. The number of aromatic nitrogens is 2. The van der Waals surface area contributed by atoms with Gasteiger partial charge in [-0.3, -0.25) is 4.68 Å². The van der Waals surface area contributed by atoms with Gasteiger partial charge in [-0.15, -0.1) is 0 Å². The van der Waals surface area contributed by atoms with Crippen LogP contribution in [0, 0.1) is 11.8 Å². The van der Waals surface area contributed by atoms with Gasteiger partial charge in [0, 0.05) is 12.4 Å². The van der Waals surface area contributed by atoms with E-state index >= 15 is 0 Å². The lowest BCUT2D eigenvalue weighted by Crippen LogP contribution is -2.24. The van der Waals surface area contributed by atoms with Crippen LogP contribution >= 0.6 is 0 Å². The van der Waals surface area contributed by atoms with E-state index in [4.69, 9.17) is 0 Å². The third kappa shape index (κ3) is 2.41. The molecule has 2 aromatic rings. The monoisotopic (exact) mass is 246 g/mol. The first-order valence-corrected chi connectivity index (χ1v) is 6.59. The standard InChI is InChI=1S/C15H22N2O/c1-10(2)13(11(3)18)9-14-12-7-5-6-8-15(12)17(4)16-14/h5-8,10-11,13,18H,9H2,1-4H3. The minimum atomic E-state index is -0.300. The summed E-state index contributed by atoms with van der Waals surface area (Å²) in [4.78, 5) is 0. The van der Waals surface area contributed by atoms with Crippen LogP contribution in [0.5, 0.6) is 0 Å². The summed E-state index contributed by atoms with van der Waals surface area (Å²) in [5, 5.41) is 15.7. The van der Waals surface area contributed by atoms with Gasteiger partial charge in [-0.05, 0) is 31.2 Å². The van der Waals surface area contributed by atoms with Crippen molar-refractivity contribution in [3.8, 4) is 0 Å². The predicted octanol–water partition coefficient (Wildman–Crippen LogP) is 2.77. The van der Waals surface area contributed by atoms with Gasteiger partial charge in [0.05, 0.1) is 17.3 Å². The lowest BCUT2D eigenvalue weighted by atomic mass is 9.86. The second-order valence-corrected chi connectivity index (χ2v) is 5.44. The van der Waals surface area contributed by atoms with Crippen molar-refractivity contribution in [3.05, 3.63) is 30.0 Å². The summed E-state index contributed by atoms with van der Waals surface area (Å²) in [6, 6.07) is 8.26. The molecule has 0 amide bonds. The van der Waals surface area contributed by atoms with Crippen molar-refractivity contribution in [2.24, 2.45) is 18.9 Å². The maximum Gasteiger partial charge on any atom is 0.0707 e. The topological polar surface area (TPSA) is 38.0 Å². The molecule has 0 spiro atoms. The summed E-state index contributed by atoms with van der Waals surface area (Å²) in [7, 11) is 1.97. The zero-order valence-electron chi connectivity index (χ0n) is 11.6. The number of hydrogen-bond acceptors (Lipinski definition) is 2. The summed E-state index contributed by atoms with van der Waals surface area (Å²) in [6.45, 7) is 6.18. The quantitative estimate of drug-likeness (QED) is 0.900. The summed E-state index contributed by atoms with van der Waals surface area (Å²) in [6.07, 6.45) is 0.530. The highest BCUT2D eigenvalue weighted by molar-refractivity contribution is 5.81. The molecule has 1 heterocycles. The third-order valence-corrected chi connectivity index (χ3v) is 3.74. The molecule has 0 saturated carbocycles. The average Bonchev–Trinajstić information content (AvgIpc) is 2.63. The zero-order chi connectivity index (χ0) is 13.3. The van der Waals surface area contributed by atoms with Crippen LogP contribution in [-0.2, 0) is 13.5 Å². The molecule has 0 bridgehead atoms. The van der Waals surface area contributed by atoms with Crippen molar-refractivity contribution in [2.75, 3.05) is 0 Å². The van der Waals surface area contributed by atoms with E-state index in [1.54, 1.807) is 0 Å². The SMILES string of the molecule is CC(C)C(Cc1nn(C)c2ccccc12)C(C)O. The molecule has 0 aliphatic heterocycles. The Morgan fingerprint density at radius 1 is 1.22 bits per heavy atom. The van der Waals surface area contributed by atoms with Gasteiger partial charge < -0.3 is 5.11 Å². The van der Waals surface area contributed by atoms with Gasteiger partial charge in [0.15, 0.2) is 0 Å². The van der Waals surface area contributed by atoms with Gasteiger partial charge in [0.25, 0.3) is 0 Å². The second-order valence-electron chi connectivity index (χ2n) is 5.44. The Morgan fingerprint density at radius 3 is 2.50 bits per heavy atom. The molecule has 18 heavy (non-hydrogen) atoms. The fourth-order valence-electron chi connectivity index (χ4n) is 2.63. The van der Waals surface area contributed by atoms with Crippen molar-refractivity contribution >= 4 is 10.9 Å². The Hall–Kier alpha value is -1.35. The molecule has 0 radical (unpaired) electrons. The maximum absolute atomic E-state index is 9.89.